The van der Waals surface area contributed by atoms with Crippen molar-refractivity contribution in [1.82, 2.24) is 0 Å². The van der Waals surface area contributed by atoms with E-state index >= 15 is 0 Å². The molecule has 2 atom stereocenters. The van der Waals surface area contributed by atoms with Crippen molar-refractivity contribution in [2.75, 3.05) is 4.31 Å². The SMILES string of the molecule is Cc1ccc(S(=O)(=O)N2c3ccc(Br)cc3[C@@H](CC(=O)c3ccccc3)[C@H]2C(=O)c2ccccc2)cc1. The van der Waals surface area contributed by atoms with Crippen LogP contribution in [-0.4, -0.2) is 26.0 Å². The summed E-state index contributed by atoms with van der Waals surface area (Å²) in [5.41, 5.74) is 2.88. The van der Waals surface area contributed by atoms with Gasteiger partial charge in [0, 0.05) is 27.9 Å². The topological polar surface area (TPSA) is 71.5 Å². The molecule has 0 aromatic heterocycles. The summed E-state index contributed by atoms with van der Waals surface area (Å²) in [6, 6.07) is 28.2. The molecule has 0 bridgehead atoms. The van der Waals surface area contributed by atoms with E-state index in [0.29, 0.717) is 22.4 Å². The summed E-state index contributed by atoms with van der Waals surface area (Å²) in [6.07, 6.45) is -0.0172. The minimum absolute atomic E-state index is 0.0172. The van der Waals surface area contributed by atoms with Crippen LogP contribution in [0.1, 0.15) is 44.2 Å². The molecule has 7 heteroatoms. The lowest BCUT2D eigenvalue weighted by Crippen LogP contribution is -2.45. The number of rotatable bonds is 7. The second-order valence-electron chi connectivity index (χ2n) is 9.09. The van der Waals surface area contributed by atoms with Crippen molar-refractivity contribution in [2.45, 2.75) is 30.2 Å². The van der Waals surface area contributed by atoms with Crippen molar-refractivity contribution in [1.29, 1.82) is 0 Å². The number of fused-ring (bicyclic) bond motifs is 1. The van der Waals surface area contributed by atoms with Crippen LogP contribution in [0, 0.1) is 6.92 Å². The van der Waals surface area contributed by atoms with E-state index in [4.69, 9.17) is 0 Å². The number of hydrogen-bond acceptors (Lipinski definition) is 4. The molecular weight excluding hydrogens is 550 g/mol. The summed E-state index contributed by atoms with van der Waals surface area (Å²) < 4.78 is 30.2. The fourth-order valence-electron chi connectivity index (χ4n) is 4.83. The first kappa shape index (κ1) is 25.1. The molecule has 0 saturated heterocycles. The van der Waals surface area contributed by atoms with Crippen molar-refractivity contribution < 1.29 is 18.0 Å². The molecule has 1 aliphatic heterocycles. The number of hydrogen-bond donors (Lipinski definition) is 0. The van der Waals surface area contributed by atoms with Gasteiger partial charge in [0.05, 0.1) is 10.6 Å². The highest BCUT2D eigenvalue weighted by Gasteiger charge is 2.49. The van der Waals surface area contributed by atoms with Crippen LogP contribution < -0.4 is 4.31 Å². The van der Waals surface area contributed by atoms with Gasteiger partial charge in [0.1, 0.15) is 6.04 Å². The third kappa shape index (κ3) is 4.77. The van der Waals surface area contributed by atoms with Gasteiger partial charge in [-0.25, -0.2) is 8.42 Å². The minimum atomic E-state index is -4.13. The van der Waals surface area contributed by atoms with Crippen LogP contribution >= 0.6 is 15.9 Å². The third-order valence-corrected chi connectivity index (χ3v) is 8.97. The normalized spacial score (nSPS) is 16.9. The van der Waals surface area contributed by atoms with E-state index < -0.39 is 22.0 Å². The molecule has 4 aromatic rings. The largest absolute Gasteiger partial charge is 0.294 e. The number of benzene rings is 4. The standard InChI is InChI=1S/C30H24BrNO4S/c1-20-12-15-24(16-13-20)37(35,36)32-27-17-14-23(31)18-25(27)26(19-28(33)21-8-4-2-5-9-21)29(32)30(34)22-10-6-3-7-11-22/h2-18,26,29H,19H2,1H3/t26-,29+/m1/s1. The first-order valence-corrected chi connectivity index (χ1v) is 14.1. The van der Waals surface area contributed by atoms with Gasteiger partial charge in [0.25, 0.3) is 10.0 Å². The highest BCUT2D eigenvalue weighted by molar-refractivity contribution is 9.10. The molecule has 0 saturated carbocycles. The van der Waals surface area contributed by atoms with Gasteiger partial charge in [-0.3, -0.25) is 13.9 Å². The van der Waals surface area contributed by atoms with E-state index in [1.165, 1.54) is 4.31 Å². The number of aryl methyl sites for hydroxylation is 1. The molecule has 0 aliphatic carbocycles. The fraction of sp³-hybridized carbons (Fsp3) is 0.133. The number of anilines is 1. The maximum absolute atomic E-state index is 14.1. The number of Topliss-reactive ketones (excluding diaryl/α,β-unsaturated/α-hetero) is 2. The van der Waals surface area contributed by atoms with E-state index in [9.17, 15) is 18.0 Å². The Kier molecular flexibility index (Phi) is 6.84. The first-order chi connectivity index (χ1) is 17.8. The van der Waals surface area contributed by atoms with E-state index in [1.807, 2.05) is 19.1 Å². The molecule has 5 rings (SSSR count). The lowest BCUT2D eigenvalue weighted by atomic mass is 9.85. The van der Waals surface area contributed by atoms with Gasteiger partial charge in [-0.2, -0.15) is 0 Å². The monoisotopic (exact) mass is 573 g/mol. The number of carbonyl (C=O) groups excluding carboxylic acids is 2. The summed E-state index contributed by atoms with van der Waals surface area (Å²) in [4.78, 5) is 27.5. The van der Waals surface area contributed by atoms with Crippen molar-refractivity contribution >= 4 is 43.2 Å². The lowest BCUT2D eigenvalue weighted by Gasteiger charge is -2.29. The summed E-state index contributed by atoms with van der Waals surface area (Å²) in [7, 11) is -4.13. The quantitative estimate of drug-likeness (QED) is 0.234. The second-order valence-corrected chi connectivity index (χ2v) is 11.8. The van der Waals surface area contributed by atoms with Gasteiger partial charge in [0.15, 0.2) is 11.6 Å². The van der Waals surface area contributed by atoms with Gasteiger partial charge in [-0.15, -0.1) is 0 Å². The molecule has 0 unspecified atom stereocenters. The predicted molar refractivity (Wildman–Crippen MR) is 148 cm³/mol. The minimum Gasteiger partial charge on any atom is -0.294 e. The highest BCUT2D eigenvalue weighted by Crippen LogP contribution is 2.48. The molecule has 0 amide bonds. The van der Waals surface area contributed by atoms with E-state index in [-0.39, 0.29) is 22.9 Å². The molecule has 1 heterocycles. The molecular formula is C30H24BrNO4S. The molecule has 5 nitrogen and oxygen atoms in total. The maximum Gasteiger partial charge on any atom is 0.265 e. The van der Waals surface area contributed by atoms with E-state index in [2.05, 4.69) is 15.9 Å². The summed E-state index contributed by atoms with van der Waals surface area (Å²) in [6.45, 7) is 1.88. The summed E-state index contributed by atoms with van der Waals surface area (Å²) in [5, 5.41) is 0. The third-order valence-electron chi connectivity index (χ3n) is 6.67. The van der Waals surface area contributed by atoms with Gasteiger partial charge >= 0.3 is 0 Å². The van der Waals surface area contributed by atoms with Crippen LogP contribution in [0.3, 0.4) is 0 Å². The van der Waals surface area contributed by atoms with Crippen molar-refractivity contribution in [3.8, 4) is 0 Å². The fourth-order valence-corrected chi connectivity index (χ4v) is 6.89. The van der Waals surface area contributed by atoms with Gasteiger partial charge in [-0.05, 0) is 42.8 Å². The zero-order valence-electron chi connectivity index (χ0n) is 20.0. The average molecular weight is 574 g/mol. The zero-order chi connectivity index (χ0) is 26.2. The number of ketones is 2. The maximum atomic E-state index is 14.1. The highest BCUT2D eigenvalue weighted by atomic mass is 79.9. The number of nitrogens with zero attached hydrogens (tertiary/aromatic N) is 1. The van der Waals surface area contributed by atoms with Crippen molar-refractivity contribution in [2.24, 2.45) is 0 Å². The van der Waals surface area contributed by atoms with Crippen LogP contribution in [-0.2, 0) is 10.0 Å². The Bertz CT molecular complexity index is 1570. The Labute approximate surface area is 224 Å². The van der Waals surface area contributed by atoms with Crippen LogP contribution in [0.25, 0.3) is 0 Å². The Morgan fingerprint density at radius 1 is 0.811 bits per heavy atom. The second kappa shape index (κ2) is 10.1. The lowest BCUT2D eigenvalue weighted by molar-refractivity contribution is 0.0930. The predicted octanol–water partition coefficient (Wildman–Crippen LogP) is 6.57. The van der Waals surface area contributed by atoms with Crippen molar-refractivity contribution in [3.63, 3.8) is 0 Å². The summed E-state index contributed by atoms with van der Waals surface area (Å²) in [5.74, 6) is -1.18. The number of halogens is 1. The van der Waals surface area contributed by atoms with Gasteiger partial charge in [-0.1, -0.05) is 94.3 Å². The van der Waals surface area contributed by atoms with E-state index in [1.54, 1.807) is 91.0 Å². The Morgan fingerprint density at radius 2 is 1.41 bits per heavy atom. The summed E-state index contributed by atoms with van der Waals surface area (Å²) >= 11 is 3.49. The van der Waals surface area contributed by atoms with Crippen LogP contribution in [0.2, 0.25) is 0 Å². The Morgan fingerprint density at radius 3 is 2.03 bits per heavy atom. The molecule has 37 heavy (non-hydrogen) atoms. The molecule has 0 N–H and O–H groups in total. The molecule has 186 valence electrons. The molecule has 0 radical (unpaired) electrons. The van der Waals surface area contributed by atoms with Crippen LogP contribution in [0.4, 0.5) is 5.69 Å². The smallest absolute Gasteiger partial charge is 0.265 e. The van der Waals surface area contributed by atoms with Gasteiger partial charge in [0.2, 0.25) is 0 Å². The number of carbonyl (C=O) groups is 2. The Balaban J connectivity index is 1.69. The molecule has 0 spiro atoms. The Hall–Kier alpha value is -3.55. The van der Waals surface area contributed by atoms with E-state index in [0.717, 1.165) is 10.0 Å². The van der Waals surface area contributed by atoms with Crippen molar-refractivity contribution in [3.05, 3.63) is 130 Å². The molecule has 0 fully saturated rings. The number of sulfonamides is 1. The van der Waals surface area contributed by atoms with Gasteiger partial charge < -0.3 is 0 Å². The van der Waals surface area contributed by atoms with Crippen LogP contribution in [0.15, 0.2) is 112 Å². The molecule has 4 aromatic carbocycles. The van der Waals surface area contributed by atoms with Crippen LogP contribution in [0.5, 0.6) is 0 Å². The first-order valence-electron chi connectivity index (χ1n) is 11.9. The molecule has 1 aliphatic rings. The average Bonchev–Trinajstić information content (AvgIpc) is 3.23. The zero-order valence-corrected chi connectivity index (χ0v) is 22.4.